The van der Waals surface area contributed by atoms with Gasteiger partial charge in [-0.1, -0.05) is 0 Å². The van der Waals surface area contributed by atoms with Crippen molar-refractivity contribution in [3.8, 4) is 33.6 Å². The van der Waals surface area contributed by atoms with Gasteiger partial charge < -0.3 is 47.8 Å². The zero-order chi connectivity index (χ0) is 39.3. The predicted molar refractivity (Wildman–Crippen MR) is 204 cm³/mol. The zero-order valence-corrected chi connectivity index (χ0v) is 32.2. The lowest BCUT2D eigenvalue weighted by Crippen LogP contribution is -2.32. The summed E-state index contributed by atoms with van der Waals surface area (Å²) in [5.74, 6) is 1.71. The van der Waals surface area contributed by atoms with E-state index in [0.717, 1.165) is 32.3 Å². The first-order valence-corrected chi connectivity index (χ1v) is 17.4. The van der Waals surface area contributed by atoms with Gasteiger partial charge in [0.05, 0.1) is 38.1 Å². The molecule has 16 heteroatoms. The maximum absolute atomic E-state index is 11.7. The number of amides is 2. The molecule has 0 atom stereocenters. The van der Waals surface area contributed by atoms with Crippen molar-refractivity contribution in [1.29, 1.82) is 0 Å². The number of aromatic nitrogens is 2. The van der Waals surface area contributed by atoms with Crippen LogP contribution in [0.1, 0.15) is 53.1 Å². The molecule has 0 fully saturated rings. The number of ether oxygens (including phenoxy) is 2. The number of nitrogens with one attached hydrogen (secondary N) is 2. The monoisotopic (exact) mass is 804 g/mol. The summed E-state index contributed by atoms with van der Waals surface area (Å²) in [6.45, 7) is 11.1. The third-order valence-corrected chi connectivity index (χ3v) is 7.37. The van der Waals surface area contributed by atoms with Crippen molar-refractivity contribution >= 4 is 40.9 Å². The quantitative estimate of drug-likeness (QED) is 0.110. The summed E-state index contributed by atoms with van der Waals surface area (Å²) >= 11 is 3.41. The van der Waals surface area contributed by atoms with Crippen molar-refractivity contribution in [3.05, 3.63) is 114 Å². The first kappa shape index (κ1) is 41.2. The minimum Gasteiger partial charge on any atom is -0.472 e. The van der Waals surface area contributed by atoms with E-state index in [0.29, 0.717) is 17.3 Å². The Morgan fingerprint density at radius 1 is 0.704 bits per heavy atom. The van der Waals surface area contributed by atoms with Crippen LogP contribution in [0.5, 0.6) is 0 Å². The molecule has 0 unspecified atom stereocenters. The first-order valence-electron chi connectivity index (χ1n) is 16.6. The molecule has 54 heavy (non-hydrogen) atoms. The van der Waals surface area contributed by atoms with E-state index in [-0.39, 0.29) is 18.7 Å². The van der Waals surface area contributed by atoms with E-state index in [2.05, 4.69) is 36.5 Å². The van der Waals surface area contributed by atoms with Gasteiger partial charge in [0.25, 0.3) is 0 Å². The Morgan fingerprint density at radius 2 is 1.22 bits per heavy atom. The Balaban J connectivity index is 0.000000194. The molecule has 0 bridgehead atoms. The topological polar surface area (TPSA) is 195 Å². The molecule has 0 saturated carbocycles. The Kier molecular flexibility index (Phi) is 14.5. The van der Waals surface area contributed by atoms with Gasteiger partial charge in [-0.05, 0) is 112 Å². The second-order valence-electron chi connectivity index (χ2n) is 13.5. The second kappa shape index (κ2) is 19.0. The number of nitrogens with zero attached hydrogens (tertiary/aromatic N) is 2. The molecule has 0 radical (unpaired) electrons. The predicted octanol–water partition coefficient (Wildman–Crippen LogP) is 7.71. The molecule has 0 saturated heterocycles. The van der Waals surface area contributed by atoms with Gasteiger partial charge in [0.2, 0.25) is 0 Å². The Labute approximate surface area is 321 Å². The van der Waals surface area contributed by atoms with Crippen LogP contribution in [0.4, 0.5) is 9.59 Å². The fourth-order valence-electron chi connectivity index (χ4n) is 4.48. The SMILES string of the molecule is Brc1cnccc1-c1ccoc1.CC(C)(C)OC(=O)NCc1ccc(-c2cnccc2-c2ccoc2)o1.CC(C)(C)OC(=O)NCc1ccc(B(O)O)o1. The van der Waals surface area contributed by atoms with Crippen LogP contribution in [0.3, 0.4) is 0 Å². The smallest absolute Gasteiger partial charge is 0.472 e. The van der Waals surface area contributed by atoms with Crippen molar-refractivity contribution in [2.75, 3.05) is 0 Å². The molecule has 6 heterocycles. The van der Waals surface area contributed by atoms with Crippen molar-refractivity contribution in [3.63, 3.8) is 0 Å². The molecule has 2 amide bonds. The van der Waals surface area contributed by atoms with Gasteiger partial charge >= 0.3 is 19.3 Å². The van der Waals surface area contributed by atoms with Gasteiger partial charge in [0, 0.05) is 51.5 Å². The average molecular weight is 805 g/mol. The van der Waals surface area contributed by atoms with Gasteiger partial charge in [0.15, 0.2) is 0 Å². The average Bonchev–Trinajstić information content (AvgIpc) is 3.94. The Morgan fingerprint density at radius 3 is 1.72 bits per heavy atom. The number of pyridine rings is 2. The number of hydrogen-bond donors (Lipinski definition) is 4. The van der Waals surface area contributed by atoms with Crippen LogP contribution in [0.2, 0.25) is 0 Å². The highest BCUT2D eigenvalue weighted by atomic mass is 79.9. The van der Waals surface area contributed by atoms with E-state index in [4.69, 9.17) is 37.2 Å². The second-order valence-corrected chi connectivity index (χ2v) is 14.3. The summed E-state index contributed by atoms with van der Waals surface area (Å²) < 4.78 is 32.3. The number of carbonyl (C=O) groups excluding carboxylic acids is 2. The standard InChI is InChI=1S/C19H20N2O4.C10H16BNO5.C9H6BrNO/c1-19(2,3)25-18(22)21-10-14-4-5-17(24-14)16-11-20-8-6-15(16)13-7-9-23-12-13;1-10(2,3)17-9(13)12-6-7-4-5-8(16-7)11(14)15;10-9-5-11-3-1-8(9)7-2-4-12-6-7/h4-9,11-12H,10H2,1-3H3,(H,21,22);4-5,14-15H,6H2,1-3H3,(H,12,13);1-6H. The van der Waals surface area contributed by atoms with Gasteiger partial charge in [-0.25, -0.2) is 9.59 Å². The molecule has 0 spiro atoms. The van der Waals surface area contributed by atoms with Gasteiger partial charge in [-0.3, -0.25) is 9.97 Å². The number of halogens is 1. The lowest BCUT2D eigenvalue weighted by atomic mass is 9.88. The molecule has 284 valence electrons. The molecule has 0 aliphatic rings. The lowest BCUT2D eigenvalue weighted by molar-refractivity contribution is 0.0509. The largest absolute Gasteiger partial charge is 0.526 e. The lowest BCUT2D eigenvalue weighted by Gasteiger charge is -2.19. The summed E-state index contributed by atoms with van der Waals surface area (Å²) in [6, 6.07) is 14.3. The number of rotatable bonds is 8. The summed E-state index contributed by atoms with van der Waals surface area (Å²) in [7, 11) is -1.65. The maximum atomic E-state index is 11.7. The fraction of sp³-hybridized carbons (Fsp3) is 0.263. The van der Waals surface area contributed by atoms with Crippen LogP contribution < -0.4 is 16.3 Å². The summed E-state index contributed by atoms with van der Waals surface area (Å²) in [4.78, 5) is 31.2. The van der Waals surface area contributed by atoms with Crippen molar-refractivity contribution in [2.45, 2.75) is 65.8 Å². The number of alkyl carbamates (subject to hydrolysis) is 2. The fourth-order valence-corrected chi connectivity index (χ4v) is 4.96. The van der Waals surface area contributed by atoms with E-state index < -0.39 is 30.5 Å². The number of hydrogen-bond acceptors (Lipinski definition) is 12. The van der Waals surface area contributed by atoms with Crippen LogP contribution in [-0.4, -0.2) is 50.5 Å². The molecule has 0 aliphatic heterocycles. The molecular weight excluding hydrogens is 763 g/mol. The molecule has 6 aromatic rings. The molecule has 6 aromatic heterocycles. The highest BCUT2D eigenvalue weighted by Gasteiger charge is 2.19. The molecule has 14 nitrogen and oxygen atoms in total. The normalized spacial score (nSPS) is 11.0. The minimum absolute atomic E-state index is 0.0333. The van der Waals surface area contributed by atoms with E-state index in [1.807, 2.05) is 57.2 Å². The van der Waals surface area contributed by atoms with E-state index in [1.165, 1.54) is 6.07 Å². The van der Waals surface area contributed by atoms with Gasteiger partial charge in [-0.2, -0.15) is 0 Å². The molecule has 4 N–H and O–H groups in total. The third-order valence-electron chi connectivity index (χ3n) is 6.73. The Hall–Kier alpha value is -5.58. The van der Waals surface area contributed by atoms with E-state index in [9.17, 15) is 9.59 Å². The van der Waals surface area contributed by atoms with E-state index >= 15 is 0 Å². The first-order chi connectivity index (χ1) is 25.6. The van der Waals surface area contributed by atoms with Crippen LogP contribution in [0.25, 0.3) is 33.6 Å². The summed E-state index contributed by atoms with van der Waals surface area (Å²) in [5.41, 5.74) is 3.86. The highest BCUT2D eigenvalue weighted by Crippen LogP contribution is 2.32. The van der Waals surface area contributed by atoms with Gasteiger partial charge in [-0.15, -0.1) is 0 Å². The summed E-state index contributed by atoms with van der Waals surface area (Å²) in [5, 5.41) is 22.8. The molecule has 6 rings (SSSR count). The van der Waals surface area contributed by atoms with Gasteiger partial charge in [0.1, 0.15) is 34.1 Å². The highest BCUT2D eigenvalue weighted by molar-refractivity contribution is 9.10. The number of furan rings is 4. The zero-order valence-electron chi connectivity index (χ0n) is 30.7. The minimum atomic E-state index is -1.65. The van der Waals surface area contributed by atoms with Crippen molar-refractivity contribution in [1.82, 2.24) is 20.6 Å². The van der Waals surface area contributed by atoms with Crippen LogP contribution in [0, 0.1) is 0 Å². The van der Waals surface area contributed by atoms with E-state index in [1.54, 1.807) is 76.7 Å². The van der Waals surface area contributed by atoms with Crippen molar-refractivity contribution < 1.29 is 46.8 Å². The van der Waals surface area contributed by atoms with Crippen molar-refractivity contribution in [2.24, 2.45) is 0 Å². The van der Waals surface area contributed by atoms with Crippen LogP contribution >= 0.6 is 15.9 Å². The molecule has 0 aromatic carbocycles. The van der Waals surface area contributed by atoms with Crippen LogP contribution in [0.15, 0.2) is 121 Å². The number of carbonyl (C=O) groups is 2. The Bertz CT molecular complexity index is 2050. The third kappa shape index (κ3) is 13.4. The van der Waals surface area contributed by atoms with Crippen LogP contribution in [-0.2, 0) is 22.6 Å². The molecular formula is C38H42BBrN4O10. The summed E-state index contributed by atoms with van der Waals surface area (Å²) in [6.07, 6.45) is 12.6. The molecule has 0 aliphatic carbocycles. The maximum Gasteiger partial charge on any atom is 0.526 e.